The molecule has 0 unspecified atom stereocenters. The second-order valence-corrected chi connectivity index (χ2v) is 18.4. The summed E-state index contributed by atoms with van der Waals surface area (Å²) in [6, 6.07) is 13.4. The summed E-state index contributed by atoms with van der Waals surface area (Å²) in [4.78, 5) is 15.4. The number of amides is 1. The molecule has 2 aromatic rings. The minimum absolute atomic E-state index is 0.0209. The number of aromatic hydroxyl groups is 1. The molecule has 2 aromatic carbocycles. The Morgan fingerprint density at radius 1 is 1.05 bits per heavy atom. The molecule has 1 aliphatic rings. The van der Waals surface area contributed by atoms with Crippen LogP contribution in [0.25, 0.3) is 0 Å². The first-order chi connectivity index (χ1) is 19.2. The molecule has 0 aromatic heterocycles. The average molecular weight is 584 g/mol. The van der Waals surface area contributed by atoms with Gasteiger partial charge in [0, 0.05) is 29.8 Å². The summed E-state index contributed by atoms with van der Waals surface area (Å²) >= 11 is 0. The van der Waals surface area contributed by atoms with E-state index in [-0.39, 0.29) is 28.8 Å². The lowest BCUT2D eigenvalue weighted by molar-refractivity contribution is -0.144. The maximum absolute atomic E-state index is 12.9. The van der Waals surface area contributed by atoms with E-state index in [1.165, 1.54) is 25.9 Å². The third-order valence-electron chi connectivity index (χ3n) is 8.70. The Morgan fingerprint density at radius 3 is 2.41 bits per heavy atom. The van der Waals surface area contributed by atoms with E-state index in [0.717, 1.165) is 30.5 Å². The van der Waals surface area contributed by atoms with Crippen molar-refractivity contribution in [3.05, 3.63) is 64.7 Å². The van der Waals surface area contributed by atoms with Crippen LogP contribution in [0.3, 0.4) is 0 Å². The van der Waals surface area contributed by atoms with Gasteiger partial charge in [0.25, 0.3) is 5.91 Å². The Labute approximate surface area is 249 Å². The van der Waals surface area contributed by atoms with Crippen LogP contribution in [0.15, 0.2) is 42.5 Å². The lowest BCUT2D eigenvalue weighted by atomic mass is 9.93. The number of aliphatic hydroxyl groups is 1. The number of hydrogen-bond acceptors (Lipinski definition) is 6. The lowest BCUT2D eigenvalue weighted by Crippen LogP contribution is -2.55. The van der Waals surface area contributed by atoms with E-state index in [1.54, 1.807) is 6.07 Å². The molecule has 1 amide bonds. The molecule has 3 N–H and O–H groups in total. The lowest BCUT2D eigenvalue weighted by Gasteiger charge is -2.46. The topological polar surface area (TPSA) is 85.3 Å². The molecule has 0 saturated carbocycles. The predicted molar refractivity (Wildman–Crippen MR) is 170 cm³/mol. The number of benzene rings is 2. The van der Waals surface area contributed by atoms with E-state index in [4.69, 9.17) is 4.53 Å². The number of phenols is 1. The third-order valence-corrected chi connectivity index (χ3v) is 13.0. The summed E-state index contributed by atoms with van der Waals surface area (Å²) < 4.78 is 6.92. The van der Waals surface area contributed by atoms with Crippen LogP contribution < -0.4 is 5.32 Å². The zero-order chi connectivity index (χ0) is 30.3. The van der Waals surface area contributed by atoms with Crippen molar-refractivity contribution in [2.24, 2.45) is 0 Å². The van der Waals surface area contributed by atoms with Crippen molar-refractivity contribution in [2.75, 3.05) is 32.7 Å². The van der Waals surface area contributed by atoms with Gasteiger partial charge in [-0.3, -0.25) is 4.79 Å². The largest absolute Gasteiger partial charge is 0.508 e. The molecule has 0 bridgehead atoms. The van der Waals surface area contributed by atoms with Crippen molar-refractivity contribution in [3.8, 4) is 5.75 Å². The minimum Gasteiger partial charge on any atom is -0.508 e. The monoisotopic (exact) mass is 583 g/mol. The first kappa shape index (κ1) is 33.3. The Kier molecular flexibility index (Phi) is 11.6. The number of hydrogen-bond donors (Lipinski definition) is 3. The molecule has 1 heterocycles. The molecule has 3 rings (SSSR count). The van der Waals surface area contributed by atoms with Crippen molar-refractivity contribution >= 4 is 14.2 Å². The summed E-state index contributed by atoms with van der Waals surface area (Å²) in [5.41, 5.74) is 3.00. The zero-order valence-electron chi connectivity index (χ0n) is 26.4. The molecular weight excluding hydrogens is 530 g/mol. The minimum atomic E-state index is -2.14. The van der Waals surface area contributed by atoms with E-state index >= 15 is 0 Å². The van der Waals surface area contributed by atoms with E-state index in [2.05, 4.69) is 69.1 Å². The number of rotatable bonds is 14. The zero-order valence-corrected chi connectivity index (χ0v) is 27.4. The fraction of sp³-hybridized carbons (Fsp3) is 0.606. The average Bonchev–Trinajstić information content (AvgIpc) is 3.42. The normalized spacial score (nSPS) is 15.0. The molecule has 1 saturated heterocycles. The second-order valence-electron chi connectivity index (χ2n) is 13.7. The van der Waals surface area contributed by atoms with Gasteiger partial charge in [-0.15, -0.1) is 0 Å². The Morgan fingerprint density at radius 2 is 1.76 bits per heavy atom. The van der Waals surface area contributed by atoms with Crippen LogP contribution in [0.5, 0.6) is 5.75 Å². The number of nitrogens with one attached hydrogen (secondary N) is 1. The van der Waals surface area contributed by atoms with Crippen LogP contribution in [0.4, 0.5) is 0 Å². The number of nitrogens with zero attached hydrogens (tertiary/aromatic N) is 2. The first-order valence-corrected chi connectivity index (χ1v) is 18.1. The molecular formula is C33H53N3O4Si. The van der Waals surface area contributed by atoms with Crippen molar-refractivity contribution in [2.45, 2.75) is 97.0 Å². The molecule has 228 valence electrons. The van der Waals surface area contributed by atoms with Crippen molar-refractivity contribution in [3.63, 3.8) is 0 Å². The maximum Gasteiger partial charge on any atom is 0.251 e. The standard InChI is InChI=1S/C33H53N3O4Si/c1-32(2,3)41(6,7)40-36(21-16-26-14-15-30(38)29(22-26)25-37)33(4,5)24-27-12-10-13-28(23-27)31(39)34-17-11-20-35-18-8-9-19-35/h10,12-15,22-23,37-38H,8-9,11,16-21,24-25H2,1-7H3,(H,34,39). The summed E-state index contributed by atoms with van der Waals surface area (Å²) in [5.74, 6) is 0.0916. The van der Waals surface area contributed by atoms with Crippen molar-refractivity contribution in [1.29, 1.82) is 0 Å². The van der Waals surface area contributed by atoms with Gasteiger partial charge < -0.3 is 25.0 Å². The third kappa shape index (κ3) is 9.65. The van der Waals surface area contributed by atoms with E-state index < -0.39 is 8.32 Å². The molecule has 0 atom stereocenters. The Balaban J connectivity index is 1.71. The van der Waals surface area contributed by atoms with Gasteiger partial charge in [0.1, 0.15) is 5.75 Å². The van der Waals surface area contributed by atoms with Crippen molar-refractivity contribution < 1.29 is 19.5 Å². The summed E-state index contributed by atoms with van der Waals surface area (Å²) in [7, 11) is -2.14. The van der Waals surface area contributed by atoms with Gasteiger partial charge in [-0.05, 0) is 119 Å². The van der Waals surface area contributed by atoms with Gasteiger partial charge in [-0.1, -0.05) is 39.0 Å². The van der Waals surface area contributed by atoms with Crippen LogP contribution in [-0.4, -0.2) is 72.7 Å². The molecule has 8 heteroatoms. The number of hydroxylamine groups is 2. The molecule has 0 aliphatic carbocycles. The highest BCUT2D eigenvalue weighted by atomic mass is 28.4. The summed E-state index contributed by atoms with van der Waals surface area (Å²) in [5, 5.41) is 24.9. The van der Waals surface area contributed by atoms with Gasteiger partial charge in [-0.2, -0.15) is 5.06 Å². The van der Waals surface area contributed by atoms with Crippen LogP contribution in [0.1, 0.15) is 80.9 Å². The molecule has 7 nitrogen and oxygen atoms in total. The Bertz CT molecular complexity index is 1140. The van der Waals surface area contributed by atoms with Gasteiger partial charge in [0.2, 0.25) is 8.32 Å². The van der Waals surface area contributed by atoms with E-state index in [1.807, 2.05) is 30.3 Å². The van der Waals surface area contributed by atoms with Crippen LogP contribution in [0.2, 0.25) is 18.1 Å². The fourth-order valence-electron chi connectivity index (χ4n) is 5.06. The van der Waals surface area contributed by atoms with Gasteiger partial charge in [0.15, 0.2) is 0 Å². The highest BCUT2D eigenvalue weighted by molar-refractivity contribution is 6.74. The molecule has 41 heavy (non-hydrogen) atoms. The van der Waals surface area contributed by atoms with E-state index in [9.17, 15) is 15.0 Å². The van der Waals surface area contributed by atoms with E-state index in [0.29, 0.717) is 30.6 Å². The number of aliphatic hydroxyl groups excluding tert-OH is 1. The smallest absolute Gasteiger partial charge is 0.251 e. The maximum atomic E-state index is 12.9. The molecule has 0 spiro atoms. The Hall–Kier alpha value is -2.23. The summed E-state index contributed by atoms with van der Waals surface area (Å²) in [6.45, 7) is 20.2. The molecule has 0 radical (unpaired) electrons. The van der Waals surface area contributed by atoms with Gasteiger partial charge in [0.05, 0.1) is 6.61 Å². The number of carbonyl (C=O) groups excluding carboxylic acids is 1. The highest BCUT2D eigenvalue weighted by Gasteiger charge is 2.42. The second kappa shape index (κ2) is 14.3. The highest BCUT2D eigenvalue weighted by Crippen LogP contribution is 2.39. The molecule has 1 fully saturated rings. The summed E-state index contributed by atoms with van der Waals surface area (Å²) in [6.07, 6.45) is 4.98. The quantitative estimate of drug-likeness (QED) is 0.146. The number of likely N-dealkylation sites (tertiary alicyclic amines) is 1. The van der Waals surface area contributed by atoms with Crippen LogP contribution in [0, 0.1) is 0 Å². The first-order valence-electron chi connectivity index (χ1n) is 15.2. The predicted octanol–water partition coefficient (Wildman–Crippen LogP) is 5.90. The molecule has 1 aliphatic heterocycles. The number of carbonyl (C=O) groups is 1. The van der Waals surface area contributed by atoms with Crippen molar-refractivity contribution in [1.82, 2.24) is 15.3 Å². The van der Waals surface area contributed by atoms with Gasteiger partial charge in [-0.25, -0.2) is 0 Å². The van der Waals surface area contributed by atoms with Crippen LogP contribution in [-0.2, 0) is 24.0 Å². The SMILES string of the molecule is CC(C)(Cc1cccc(C(=O)NCCCN2CCCC2)c1)N(CCc1ccc(O)c(CO)c1)O[Si](C)(C)C(C)(C)C. The fourth-order valence-corrected chi connectivity index (χ4v) is 6.22. The van der Waals surface area contributed by atoms with Crippen LogP contribution >= 0.6 is 0 Å². The van der Waals surface area contributed by atoms with Gasteiger partial charge >= 0.3 is 0 Å².